The standard InChI is InChI=1S/C18H23N5O2/c1-3-16-19-11-13(12-20-16)21-17(24)18(25)23-10-5-4-7-15(23)14-8-6-9-22(14)2/h6,8-9,11-12,15H,3-5,7,10H2,1-2H3,(H,21,24). The molecule has 3 heterocycles. The van der Waals surface area contributed by atoms with Gasteiger partial charge in [0.15, 0.2) is 0 Å². The summed E-state index contributed by atoms with van der Waals surface area (Å²) in [7, 11) is 1.96. The van der Waals surface area contributed by atoms with Crippen molar-refractivity contribution in [2.24, 2.45) is 7.05 Å². The molecule has 7 heteroatoms. The molecule has 0 spiro atoms. The number of piperidine rings is 1. The highest BCUT2D eigenvalue weighted by atomic mass is 16.2. The second-order valence-corrected chi connectivity index (χ2v) is 6.25. The molecule has 132 valence electrons. The monoisotopic (exact) mass is 341 g/mol. The fourth-order valence-electron chi connectivity index (χ4n) is 3.22. The summed E-state index contributed by atoms with van der Waals surface area (Å²) in [5.74, 6) is -0.455. The molecule has 1 aliphatic rings. The average molecular weight is 341 g/mol. The molecule has 7 nitrogen and oxygen atoms in total. The van der Waals surface area contributed by atoms with Crippen LogP contribution < -0.4 is 5.32 Å². The van der Waals surface area contributed by atoms with Gasteiger partial charge in [0, 0.05) is 31.9 Å². The first kappa shape index (κ1) is 17.1. The van der Waals surface area contributed by atoms with Crippen molar-refractivity contribution in [3.8, 4) is 0 Å². The van der Waals surface area contributed by atoms with Crippen LogP contribution in [-0.4, -0.2) is 37.8 Å². The van der Waals surface area contributed by atoms with E-state index < -0.39 is 11.8 Å². The number of hydrogen-bond acceptors (Lipinski definition) is 4. The van der Waals surface area contributed by atoms with Crippen LogP contribution >= 0.6 is 0 Å². The Labute approximate surface area is 147 Å². The fraction of sp³-hybridized carbons (Fsp3) is 0.444. The third-order valence-corrected chi connectivity index (χ3v) is 4.56. The van der Waals surface area contributed by atoms with Gasteiger partial charge in [-0.05, 0) is 31.4 Å². The molecule has 2 aromatic heterocycles. The Bertz CT molecular complexity index is 753. The van der Waals surface area contributed by atoms with E-state index in [1.807, 2.05) is 36.9 Å². The van der Waals surface area contributed by atoms with Crippen molar-refractivity contribution in [1.29, 1.82) is 0 Å². The normalized spacial score (nSPS) is 17.4. The molecule has 1 saturated heterocycles. The van der Waals surface area contributed by atoms with Crippen LogP contribution in [0.4, 0.5) is 5.69 Å². The van der Waals surface area contributed by atoms with Gasteiger partial charge in [0.25, 0.3) is 0 Å². The van der Waals surface area contributed by atoms with Gasteiger partial charge in [0.2, 0.25) is 0 Å². The van der Waals surface area contributed by atoms with Crippen LogP contribution in [0.15, 0.2) is 30.7 Å². The van der Waals surface area contributed by atoms with E-state index in [-0.39, 0.29) is 6.04 Å². The molecular weight excluding hydrogens is 318 g/mol. The molecular formula is C18H23N5O2. The maximum Gasteiger partial charge on any atom is 0.314 e. The van der Waals surface area contributed by atoms with Crippen molar-refractivity contribution in [2.45, 2.75) is 38.6 Å². The maximum atomic E-state index is 12.7. The van der Waals surface area contributed by atoms with E-state index >= 15 is 0 Å². The predicted molar refractivity (Wildman–Crippen MR) is 93.8 cm³/mol. The average Bonchev–Trinajstić information content (AvgIpc) is 3.07. The van der Waals surface area contributed by atoms with Gasteiger partial charge in [-0.25, -0.2) is 9.97 Å². The summed E-state index contributed by atoms with van der Waals surface area (Å²) in [6.07, 6.45) is 8.56. The lowest BCUT2D eigenvalue weighted by atomic mass is 9.99. The Morgan fingerprint density at radius 3 is 2.68 bits per heavy atom. The van der Waals surface area contributed by atoms with E-state index in [1.165, 1.54) is 12.4 Å². The topological polar surface area (TPSA) is 80.1 Å². The SMILES string of the molecule is CCc1ncc(NC(=O)C(=O)N2CCCCC2c2cccn2C)cn1. The number of aromatic nitrogens is 3. The zero-order chi connectivity index (χ0) is 17.8. The van der Waals surface area contributed by atoms with E-state index in [1.54, 1.807) is 4.90 Å². The number of nitrogens with zero attached hydrogens (tertiary/aromatic N) is 4. The number of nitrogens with one attached hydrogen (secondary N) is 1. The minimum atomic E-state index is -0.644. The molecule has 1 fully saturated rings. The number of likely N-dealkylation sites (tertiary alicyclic amines) is 1. The van der Waals surface area contributed by atoms with Gasteiger partial charge in [-0.2, -0.15) is 0 Å². The largest absolute Gasteiger partial charge is 0.353 e. The first-order valence-electron chi connectivity index (χ1n) is 8.64. The lowest BCUT2D eigenvalue weighted by molar-refractivity contribution is -0.146. The molecule has 2 amide bonds. The molecule has 3 rings (SSSR count). The number of aryl methyl sites for hydroxylation is 2. The van der Waals surface area contributed by atoms with E-state index in [9.17, 15) is 9.59 Å². The van der Waals surface area contributed by atoms with Gasteiger partial charge in [0.1, 0.15) is 5.82 Å². The summed E-state index contributed by atoms with van der Waals surface area (Å²) in [6, 6.07) is 3.90. The van der Waals surface area contributed by atoms with Gasteiger partial charge in [0.05, 0.1) is 24.1 Å². The second kappa shape index (κ2) is 7.46. The Kier molecular flexibility index (Phi) is 5.11. The van der Waals surface area contributed by atoms with Crippen LogP contribution in [0.25, 0.3) is 0 Å². The lowest BCUT2D eigenvalue weighted by Gasteiger charge is -2.35. The number of carbonyl (C=O) groups excluding carboxylic acids is 2. The zero-order valence-electron chi connectivity index (χ0n) is 14.6. The number of amides is 2. The van der Waals surface area contributed by atoms with Crippen molar-refractivity contribution in [3.05, 3.63) is 42.2 Å². The molecule has 2 aromatic rings. The summed E-state index contributed by atoms with van der Waals surface area (Å²) >= 11 is 0. The molecule has 0 saturated carbocycles. The molecule has 1 unspecified atom stereocenters. The highest BCUT2D eigenvalue weighted by Crippen LogP contribution is 2.31. The van der Waals surface area contributed by atoms with E-state index in [2.05, 4.69) is 15.3 Å². The molecule has 1 aliphatic heterocycles. The summed E-state index contributed by atoms with van der Waals surface area (Å²) in [5, 5.41) is 2.61. The van der Waals surface area contributed by atoms with Gasteiger partial charge in [-0.1, -0.05) is 6.92 Å². The van der Waals surface area contributed by atoms with Gasteiger partial charge >= 0.3 is 11.8 Å². The summed E-state index contributed by atoms with van der Waals surface area (Å²) in [5.41, 5.74) is 1.49. The molecule has 0 radical (unpaired) electrons. The smallest absolute Gasteiger partial charge is 0.314 e. The molecule has 0 bridgehead atoms. The number of anilines is 1. The minimum absolute atomic E-state index is 0.0642. The van der Waals surface area contributed by atoms with Gasteiger partial charge < -0.3 is 14.8 Å². The lowest BCUT2D eigenvalue weighted by Crippen LogP contribution is -2.44. The van der Waals surface area contributed by atoms with Gasteiger partial charge in [-0.15, -0.1) is 0 Å². The highest BCUT2D eigenvalue weighted by Gasteiger charge is 2.32. The quantitative estimate of drug-likeness (QED) is 0.867. The Morgan fingerprint density at radius 1 is 1.28 bits per heavy atom. The van der Waals surface area contributed by atoms with Crippen molar-refractivity contribution in [3.63, 3.8) is 0 Å². The molecule has 1 N–H and O–H groups in total. The second-order valence-electron chi connectivity index (χ2n) is 6.25. The van der Waals surface area contributed by atoms with Crippen LogP contribution in [0.3, 0.4) is 0 Å². The van der Waals surface area contributed by atoms with E-state index in [4.69, 9.17) is 0 Å². The van der Waals surface area contributed by atoms with Crippen molar-refractivity contribution >= 4 is 17.5 Å². The van der Waals surface area contributed by atoms with Crippen LogP contribution in [0.1, 0.15) is 43.7 Å². The summed E-state index contributed by atoms with van der Waals surface area (Å²) < 4.78 is 2.01. The summed E-state index contributed by atoms with van der Waals surface area (Å²) in [6.45, 7) is 2.55. The first-order valence-corrected chi connectivity index (χ1v) is 8.64. The zero-order valence-corrected chi connectivity index (χ0v) is 14.6. The third kappa shape index (κ3) is 3.70. The first-order chi connectivity index (χ1) is 12.1. The van der Waals surface area contributed by atoms with Crippen molar-refractivity contribution < 1.29 is 9.59 Å². The molecule has 0 aromatic carbocycles. The minimum Gasteiger partial charge on any atom is -0.353 e. The van der Waals surface area contributed by atoms with Crippen LogP contribution in [0.2, 0.25) is 0 Å². The number of hydrogen-bond donors (Lipinski definition) is 1. The third-order valence-electron chi connectivity index (χ3n) is 4.56. The summed E-state index contributed by atoms with van der Waals surface area (Å²) in [4.78, 5) is 35.1. The molecule has 25 heavy (non-hydrogen) atoms. The van der Waals surface area contributed by atoms with Crippen LogP contribution in [0, 0.1) is 0 Å². The highest BCUT2D eigenvalue weighted by molar-refractivity contribution is 6.39. The molecule has 1 atom stereocenters. The molecule has 0 aliphatic carbocycles. The Morgan fingerprint density at radius 2 is 2.04 bits per heavy atom. The van der Waals surface area contributed by atoms with Gasteiger partial charge in [-0.3, -0.25) is 9.59 Å². The van der Waals surface area contributed by atoms with Crippen LogP contribution in [0.5, 0.6) is 0 Å². The Balaban J connectivity index is 1.73. The van der Waals surface area contributed by atoms with Crippen molar-refractivity contribution in [1.82, 2.24) is 19.4 Å². The number of carbonyl (C=O) groups is 2. The van der Waals surface area contributed by atoms with E-state index in [0.29, 0.717) is 18.1 Å². The Hall–Kier alpha value is -2.70. The fourth-order valence-corrected chi connectivity index (χ4v) is 3.22. The predicted octanol–water partition coefficient (Wildman–Crippen LogP) is 2.07. The number of rotatable bonds is 3. The van der Waals surface area contributed by atoms with E-state index in [0.717, 1.165) is 31.4 Å². The van der Waals surface area contributed by atoms with Crippen molar-refractivity contribution in [2.75, 3.05) is 11.9 Å². The maximum absolute atomic E-state index is 12.7. The van der Waals surface area contributed by atoms with Crippen LogP contribution in [-0.2, 0) is 23.1 Å².